The third kappa shape index (κ3) is 6.33. The molecular weight excluding hydrogens is 410 g/mol. The highest BCUT2D eigenvalue weighted by molar-refractivity contribution is 7.92. The molecule has 3 rings (SSSR count). The van der Waals surface area contributed by atoms with Crippen LogP contribution in [0, 0.1) is 13.8 Å². The van der Waals surface area contributed by atoms with E-state index in [4.69, 9.17) is 0 Å². The molecule has 31 heavy (non-hydrogen) atoms. The van der Waals surface area contributed by atoms with Crippen LogP contribution in [0.2, 0.25) is 0 Å². The lowest BCUT2D eigenvalue weighted by Crippen LogP contribution is -2.25. The third-order valence-electron chi connectivity index (χ3n) is 4.93. The summed E-state index contributed by atoms with van der Waals surface area (Å²) in [4.78, 5) is 12.4. The van der Waals surface area contributed by atoms with E-state index in [0.717, 1.165) is 29.8 Å². The Hall–Kier alpha value is -3.32. The number of nitrogens with one attached hydrogen (secondary N) is 3. The lowest BCUT2D eigenvalue weighted by molar-refractivity contribution is 0.0953. The molecule has 0 aliphatic carbocycles. The van der Waals surface area contributed by atoms with E-state index in [-0.39, 0.29) is 10.8 Å². The molecule has 0 saturated carbocycles. The molecule has 1 amide bonds. The second-order valence-electron chi connectivity index (χ2n) is 7.33. The molecule has 0 aliphatic heterocycles. The summed E-state index contributed by atoms with van der Waals surface area (Å²) in [7, 11) is -3.73. The highest BCUT2D eigenvalue weighted by Gasteiger charge is 2.15. The maximum absolute atomic E-state index is 12.6. The molecule has 0 atom stereocenters. The Morgan fingerprint density at radius 1 is 0.806 bits per heavy atom. The molecule has 162 valence electrons. The van der Waals surface area contributed by atoms with Crippen LogP contribution in [-0.2, 0) is 10.0 Å². The van der Waals surface area contributed by atoms with Crippen LogP contribution in [0.5, 0.6) is 0 Å². The Bertz CT molecular complexity index is 1130. The number of hydrogen-bond acceptors (Lipinski definition) is 4. The van der Waals surface area contributed by atoms with Gasteiger partial charge in [-0.3, -0.25) is 9.52 Å². The third-order valence-corrected chi connectivity index (χ3v) is 6.33. The van der Waals surface area contributed by atoms with Gasteiger partial charge in [-0.1, -0.05) is 24.3 Å². The summed E-state index contributed by atoms with van der Waals surface area (Å²) in [6, 6.07) is 21.2. The molecule has 0 fully saturated rings. The van der Waals surface area contributed by atoms with Gasteiger partial charge in [-0.05, 0) is 79.9 Å². The average Bonchev–Trinajstić information content (AvgIpc) is 2.76. The van der Waals surface area contributed by atoms with Crippen LogP contribution in [0.4, 0.5) is 11.4 Å². The second kappa shape index (κ2) is 10.1. The molecule has 0 saturated heterocycles. The number of para-hydroxylation sites is 1. The molecule has 0 bridgehead atoms. The Kier molecular flexibility index (Phi) is 7.31. The van der Waals surface area contributed by atoms with Gasteiger partial charge in [0.05, 0.1) is 4.90 Å². The fourth-order valence-corrected chi connectivity index (χ4v) is 4.04. The zero-order valence-electron chi connectivity index (χ0n) is 17.7. The van der Waals surface area contributed by atoms with Crippen LogP contribution in [0.25, 0.3) is 0 Å². The first-order valence-corrected chi connectivity index (χ1v) is 11.6. The van der Waals surface area contributed by atoms with Gasteiger partial charge in [0.1, 0.15) is 0 Å². The van der Waals surface area contributed by atoms with E-state index in [9.17, 15) is 13.2 Å². The molecular formula is C24H27N3O3S. The molecule has 0 spiro atoms. The largest absolute Gasteiger partial charge is 0.385 e. The quantitative estimate of drug-likeness (QED) is 0.435. The summed E-state index contributed by atoms with van der Waals surface area (Å²) in [5, 5.41) is 6.13. The minimum absolute atomic E-state index is 0.106. The average molecular weight is 438 g/mol. The summed E-state index contributed by atoms with van der Waals surface area (Å²) in [5.74, 6) is -0.231. The molecule has 0 radical (unpaired) electrons. The van der Waals surface area contributed by atoms with Gasteiger partial charge in [0, 0.05) is 30.0 Å². The van der Waals surface area contributed by atoms with Crippen molar-refractivity contribution in [2.24, 2.45) is 0 Å². The Labute approximate surface area is 183 Å². The molecule has 6 nitrogen and oxygen atoms in total. The summed E-state index contributed by atoms with van der Waals surface area (Å²) >= 11 is 0. The lowest BCUT2D eigenvalue weighted by Gasteiger charge is -2.11. The predicted octanol–water partition coefficient (Wildman–Crippen LogP) is 4.34. The molecule has 7 heteroatoms. The SMILES string of the molecule is Cc1ccc(NS(=O)(=O)c2ccc(C(=O)NCCCNc3ccccc3)cc2)cc1C. The van der Waals surface area contributed by atoms with Crippen molar-refractivity contribution in [2.45, 2.75) is 25.2 Å². The Morgan fingerprint density at radius 2 is 1.52 bits per heavy atom. The van der Waals surface area contributed by atoms with Gasteiger partial charge < -0.3 is 10.6 Å². The van der Waals surface area contributed by atoms with Gasteiger partial charge in [0.25, 0.3) is 15.9 Å². The fourth-order valence-electron chi connectivity index (χ4n) is 2.99. The summed E-state index contributed by atoms with van der Waals surface area (Å²) in [5.41, 5.74) is 4.07. The summed E-state index contributed by atoms with van der Waals surface area (Å²) in [6.45, 7) is 5.16. The maximum Gasteiger partial charge on any atom is 0.261 e. The van der Waals surface area contributed by atoms with Gasteiger partial charge in [-0.2, -0.15) is 0 Å². The molecule has 3 N–H and O–H groups in total. The first kappa shape index (κ1) is 22.4. The van der Waals surface area contributed by atoms with Crippen molar-refractivity contribution in [3.05, 3.63) is 89.5 Å². The van der Waals surface area contributed by atoms with Gasteiger partial charge in [-0.25, -0.2) is 8.42 Å². The molecule has 0 heterocycles. The van der Waals surface area contributed by atoms with Crippen molar-refractivity contribution in [2.75, 3.05) is 23.1 Å². The van der Waals surface area contributed by atoms with Crippen LogP contribution in [0.3, 0.4) is 0 Å². The minimum atomic E-state index is -3.73. The van der Waals surface area contributed by atoms with Gasteiger partial charge in [0.2, 0.25) is 0 Å². The summed E-state index contributed by atoms with van der Waals surface area (Å²) in [6.07, 6.45) is 0.771. The van der Waals surface area contributed by atoms with Crippen molar-refractivity contribution in [3.8, 4) is 0 Å². The number of sulfonamides is 1. The van der Waals surface area contributed by atoms with Crippen LogP contribution >= 0.6 is 0 Å². The standard InChI is InChI=1S/C24H27N3O3S/c1-18-9-12-22(17-19(18)2)27-31(29,30)23-13-10-20(11-14-23)24(28)26-16-6-15-25-21-7-4-3-5-8-21/h3-5,7-14,17,25,27H,6,15-16H2,1-2H3,(H,26,28). The van der Waals surface area contributed by atoms with E-state index in [1.54, 1.807) is 12.1 Å². The molecule has 0 aromatic heterocycles. The van der Waals surface area contributed by atoms with Crippen LogP contribution in [-0.4, -0.2) is 27.4 Å². The molecule has 3 aromatic rings. The number of carbonyl (C=O) groups is 1. The van der Waals surface area contributed by atoms with Crippen molar-refractivity contribution in [3.63, 3.8) is 0 Å². The highest BCUT2D eigenvalue weighted by Crippen LogP contribution is 2.19. The first-order chi connectivity index (χ1) is 14.8. The van der Waals surface area contributed by atoms with Crippen LogP contribution < -0.4 is 15.4 Å². The van der Waals surface area contributed by atoms with E-state index in [0.29, 0.717) is 17.8 Å². The van der Waals surface area contributed by atoms with E-state index in [2.05, 4.69) is 15.4 Å². The Morgan fingerprint density at radius 3 is 2.19 bits per heavy atom. The number of benzene rings is 3. The van der Waals surface area contributed by atoms with Crippen molar-refractivity contribution >= 4 is 27.3 Å². The number of rotatable bonds is 9. The zero-order valence-corrected chi connectivity index (χ0v) is 18.5. The van der Waals surface area contributed by atoms with Crippen LogP contribution in [0.1, 0.15) is 27.9 Å². The zero-order chi connectivity index (χ0) is 22.3. The fraction of sp³-hybridized carbons (Fsp3) is 0.208. The van der Waals surface area contributed by atoms with Crippen molar-refractivity contribution < 1.29 is 13.2 Å². The minimum Gasteiger partial charge on any atom is -0.385 e. The number of hydrogen-bond donors (Lipinski definition) is 3. The monoisotopic (exact) mass is 437 g/mol. The second-order valence-corrected chi connectivity index (χ2v) is 9.01. The first-order valence-electron chi connectivity index (χ1n) is 10.1. The van der Waals surface area contributed by atoms with E-state index in [1.807, 2.05) is 50.2 Å². The van der Waals surface area contributed by atoms with Crippen LogP contribution in [0.15, 0.2) is 77.7 Å². The predicted molar refractivity (Wildman–Crippen MR) is 125 cm³/mol. The van der Waals surface area contributed by atoms with Crippen molar-refractivity contribution in [1.82, 2.24) is 5.32 Å². The topological polar surface area (TPSA) is 87.3 Å². The van der Waals surface area contributed by atoms with Crippen molar-refractivity contribution in [1.29, 1.82) is 0 Å². The Balaban J connectivity index is 1.51. The van der Waals surface area contributed by atoms with Gasteiger partial charge >= 0.3 is 0 Å². The van der Waals surface area contributed by atoms with Gasteiger partial charge in [0.15, 0.2) is 0 Å². The smallest absolute Gasteiger partial charge is 0.261 e. The number of amides is 1. The maximum atomic E-state index is 12.6. The normalized spacial score (nSPS) is 11.0. The molecule has 3 aromatic carbocycles. The summed E-state index contributed by atoms with van der Waals surface area (Å²) < 4.78 is 27.8. The van der Waals surface area contributed by atoms with E-state index >= 15 is 0 Å². The van der Waals surface area contributed by atoms with E-state index in [1.165, 1.54) is 24.3 Å². The van der Waals surface area contributed by atoms with E-state index < -0.39 is 10.0 Å². The molecule has 0 aliphatic rings. The van der Waals surface area contributed by atoms with Gasteiger partial charge in [-0.15, -0.1) is 0 Å². The molecule has 0 unspecified atom stereocenters. The number of aryl methyl sites for hydroxylation is 2. The highest BCUT2D eigenvalue weighted by atomic mass is 32.2. The lowest BCUT2D eigenvalue weighted by atomic mass is 10.1. The number of anilines is 2. The number of carbonyl (C=O) groups excluding carboxylic acids is 1.